The van der Waals surface area contributed by atoms with Crippen LogP contribution in [0.5, 0.6) is 0 Å². The zero-order chi connectivity index (χ0) is 16.7. The Morgan fingerprint density at radius 1 is 1.30 bits per heavy atom. The van der Waals surface area contributed by atoms with Crippen LogP contribution in [0.25, 0.3) is 0 Å². The van der Waals surface area contributed by atoms with Crippen molar-refractivity contribution in [3.05, 3.63) is 53.2 Å². The summed E-state index contributed by atoms with van der Waals surface area (Å²) < 4.78 is 18.8. The van der Waals surface area contributed by atoms with E-state index in [1.54, 1.807) is 19.2 Å². The standard InChI is InChI=1S/C17H23FN4O/c1-12(2)16-10-14(23-22-16)11-21-17(19-3)20-9-8-13-6-4-5-7-15(13)18/h4-7,10,12H,8-9,11H2,1-3H3,(H2,19,20,21). The van der Waals surface area contributed by atoms with Gasteiger partial charge in [0.1, 0.15) is 5.82 Å². The Morgan fingerprint density at radius 2 is 2.09 bits per heavy atom. The molecule has 6 heteroatoms. The molecule has 0 amide bonds. The second-order valence-electron chi connectivity index (χ2n) is 5.57. The summed E-state index contributed by atoms with van der Waals surface area (Å²) in [6.45, 7) is 5.23. The molecule has 0 fully saturated rings. The molecule has 1 aromatic heterocycles. The molecule has 0 aliphatic heterocycles. The van der Waals surface area contributed by atoms with Crippen molar-refractivity contribution >= 4 is 5.96 Å². The highest BCUT2D eigenvalue weighted by molar-refractivity contribution is 5.79. The zero-order valence-corrected chi connectivity index (χ0v) is 13.8. The van der Waals surface area contributed by atoms with Crippen LogP contribution in [-0.2, 0) is 13.0 Å². The Kier molecular flexibility index (Phi) is 6.14. The lowest BCUT2D eigenvalue weighted by atomic mass is 10.1. The Balaban J connectivity index is 1.78. The Morgan fingerprint density at radius 3 is 2.74 bits per heavy atom. The van der Waals surface area contributed by atoms with Crippen molar-refractivity contribution in [2.45, 2.75) is 32.7 Å². The highest BCUT2D eigenvalue weighted by Gasteiger charge is 2.08. The normalized spacial score (nSPS) is 11.8. The first-order chi connectivity index (χ1) is 11.1. The van der Waals surface area contributed by atoms with Crippen LogP contribution in [0.4, 0.5) is 4.39 Å². The maximum atomic E-state index is 13.5. The predicted octanol–water partition coefficient (Wildman–Crippen LogP) is 2.84. The molecule has 0 unspecified atom stereocenters. The maximum Gasteiger partial charge on any atom is 0.191 e. The molecule has 0 spiro atoms. The van der Waals surface area contributed by atoms with E-state index in [0.29, 0.717) is 37.0 Å². The number of rotatable bonds is 6. The summed E-state index contributed by atoms with van der Waals surface area (Å²) in [6, 6.07) is 8.72. The molecule has 0 aliphatic carbocycles. The summed E-state index contributed by atoms with van der Waals surface area (Å²) in [6.07, 6.45) is 0.590. The van der Waals surface area contributed by atoms with Gasteiger partial charge in [-0.2, -0.15) is 0 Å². The first kappa shape index (κ1) is 17.0. The van der Waals surface area contributed by atoms with Crippen LogP contribution in [0, 0.1) is 5.82 Å². The van der Waals surface area contributed by atoms with E-state index in [9.17, 15) is 4.39 Å². The minimum Gasteiger partial charge on any atom is -0.359 e. The molecule has 5 nitrogen and oxygen atoms in total. The minimum absolute atomic E-state index is 0.180. The van der Waals surface area contributed by atoms with Gasteiger partial charge in [0, 0.05) is 19.7 Å². The fraction of sp³-hybridized carbons (Fsp3) is 0.412. The average molecular weight is 318 g/mol. The molecule has 2 N–H and O–H groups in total. The van der Waals surface area contributed by atoms with E-state index in [1.165, 1.54) is 6.07 Å². The van der Waals surface area contributed by atoms with Gasteiger partial charge in [-0.15, -0.1) is 0 Å². The Hall–Kier alpha value is -2.37. The summed E-state index contributed by atoms with van der Waals surface area (Å²) in [7, 11) is 1.69. The fourth-order valence-electron chi connectivity index (χ4n) is 2.09. The molecule has 23 heavy (non-hydrogen) atoms. The van der Waals surface area contributed by atoms with Crippen LogP contribution in [0.3, 0.4) is 0 Å². The van der Waals surface area contributed by atoms with Gasteiger partial charge >= 0.3 is 0 Å². The van der Waals surface area contributed by atoms with E-state index in [-0.39, 0.29) is 5.82 Å². The van der Waals surface area contributed by atoms with Gasteiger partial charge in [0.15, 0.2) is 11.7 Å². The van der Waals surface area contributed by atoms with Gasteiger partial charge in [-0.3, -0.25) is 4.99 Å². The number of halogens is 1. The van der Waals surface area contributed by atoms with Gasteiger partial charge < -0.3 is 15.2 Å². The van der Waals surface area contributed by atoms with Crippen LogP contribution >= 0.6 is 0 Å². The van der Waals surface area contributed by atoms with Crippen molar-refractivity contribution in [1.29, 1.82) is 0 Å². The maximum absolute atomic E-state index is 13.5. The highest BCUT2D eigenvalue weighted by Crippen LogP contribution is 2.13. The topological polar surface area (TPSA) is 62.5 Å². The van der Waals surface area contributed by atoms with E-state index in [4.69, 9.17) is 4.52 Å². The second-order valence-corrected chi connectivity index (χ2v) is 5.57. The molecule has 2 rings (SSSR count). The largest absolute Gasteiger partial charge is 0.359 e. The molecule has 124 valence electrons. The zero-order valence-electron chi connectivity index (χ0n) is 13.8. The Labute approximate surface area is 136 Å². The van der Waals surface area contributed by atoms with E-state index in [1.807, 2.05) is 12.1 Å². The number of aromatic nitrogens is 1. The first-order valence-electron chi connectivity index (χ1n) is 7.73. The lowest BCUT2D eigenvalue weighted by molar-refractivity contribution is 0.372. The fourth-order valence-corrected chi connectivity index (χ4v) is 2.09. The minimum atomic E-state index is -0.180. The molecule has 1 heterocycles. The van der Waals surface area contributed by atoms with Crippen molar-refractivity contribution < 1.29 is 8.91 Å². The molecule has 0 bridgehead atoms. The summed E-state index contributed by atoms with van der Waals surface area (Å²) in [5.41, 5.74) is 1.62. The van der Waals surface area contributed by atoms with E-state index < -0.39 is 0 Å². The third-order valence-corrected chi connectivity index (χ3v) is 3.47. The van der Waals surface area contributed by atoms with Crippen LogP contribution in [0.15, 0.2) is 39.8 Å². The first-order valence-corrected chi connectivity index (χ1v) is 7.73. The van der Waals surface area contributed by atoms with Crippen molar-refractivity contribution in [3.8, 4) is 0 Å². The Bertz CT molecular complexity index is 652. The molecule has 0 atom stereocenters. The number of aliphatic imine (C=N–C) groups is 1. The number of hydrogen-bond acceptors (Lipinski definition) is 3. The van der Waals surface area contributed by atoms with Crippen molar-refractivity contribution in [2.75, 3.05) is 13.6 Å². The third kappa shape index (κ3) is 5.09. The smallest absolute Gasteiger partial charge is 0.191 e. The highest BCUT2D eigenvalue weighted by atomic mass is 19.1. The van der Waals surface area contributed by atoms with Gasteiger partial charge in [-0.05, 0) is 24.0 Å². The lowest BCUT2D eigenvalue weighted by Gasteiger charge is -2.10. The quantitative estimate of drug-likeness (QED) is 0.635. The SMILES string of the molecule is CN=C(NCCc1ccccc1F)NCc1cc(C(C)C)no1. The predicted molar refractivity (Wildman–Crippen MR) is 88.9 cm³/mol. The number of hydrogen-bond donors (Lipinski definition) is 2. The van der Waals surface area contributed by atoms with E-state index in [0.717, 1.165) is 11.5 Å². The molecule has 2 aromatic rings. The molecule has 0 aliphatic rings. The van der Waals surface area contributed by atoms with E-state index >= 15 is 0 Å². The molecule has 1 aromatic carbocycles. The summed E-state index contributed by atoms with van der Waals surface area (Å²) >= 11 is 0. The van der Waals surface area contributed by atoms with Gasteiger partial charge in [0.2, 0.25) is 0 Å². The second kappa shape index (κ2) is 8.31. The third-order valence-electron chi connectivity index (χ3n) is 3.47. The number of nitrogens with zero attached hydrogens (tertiary/aromatic N) is 2. The number of guanidine groups is 1. The monoisotopic (exact) mass is 318 g/mol. The van der Waals surface area contributed by atoms with Gasteiger partial charge in [0.25, 0.3) is 0 Å². The van der Waals surface area contributed by atoms with Crippen LogP contribution < -0.4 is 10.6 Å². The van der Waals surface area contributed by atoms with Crippen molar-refractivity contribution in [2.24, 2.45) is 4.99 Å². The average Bonchev–Trinajstić information content (AvgIpc) is 3.01. The summed E-state index contributed by atoms with van der Waals surface area (Å²) in [5.74, 6) is 1.56. The number of benzene rings is 1. The van der Waals surface area contributed by atoms with E-state index in [2.05, 4.69) is 34.6 Å². The molecule has 0 saturated carbocycles. The molecule has 0 saturated heterocycles. The van der Waals surface area contributed by atoms with Crippen LogP contribution in [0.1, 0.15) is 36.8 Å². The number of nitrogens with one attached hydrogen (secondary N) is 2. The van der Waals surface area contributed by atoms with Gasteiger partial charge in [-0.25, -0.2) is 4.39 Å². The molecular formula is C17H23FN4O. The summed E-state index contributed by atoms with van der Waals surface area (Å²) in [5, 5.41) is 10.3. The van der Waals surface area contributed by atoms with Gasteiger partial charge in [-0.1, -0.05) is 37.2 Å². The van der Waals surface area contributed by atoms with Crippen LogP contribution in [0.2, 0.25) is 0 Å². The lowest BCUT2D eigenvalue weighted by Crippen LogP contribution is -2.37. The van der Waals surface area contributed by atoms with Gasteiger partial charge in [0.05, 0.1) is 12.2 Å². The molecule has 0 radical (unpaired) electrons. The van der Waals surface area contributed by atoms with Crippen molar-refractivity contribution in [3.63, 3.8) is 0 Å². The van der Waals surface area contributed by atoms with Crippen molar-refractivity contribution in [1.82, 2.24) is 15.8 Å². The summed E-state index contributed by atoms with van der Waals surface area (Å²) in [4.78, 5) is 4.14. The van der Waals surface area contributed by atoms with Crippen LogP contribution in [-0.4, -0.2) is 24.7 Å². The molecular weight excluding hydrogens is 295 g/mol.